The Morgan fingerprint density at radius 1 is 1.00 bits per heavy atom. The van der Waals surface area contributed by atoms with Gasteiger partial charge in [0.25, 0.3) is 0 Å². The molecule has 4 unspecified atom stereocenters. The van der Waals surface area contributed by atoms with E-state index in [1.165, 1.54) is 32.4 Å². The number of fused-ring (bicyclic) bond motifs is 2. The first-order valence-electron chi connectivity index (χ1n) is 6.57. The normalized spacial score (nSPS) is 48.6. The van der Waals surface area contributed by atoms with Crippen LogP contribution in [0.4, 0.5) is 0 Å². The zero-order valence-electron chi connectivity index (χ0n) is 9.41. The number of likely N-dealkylation sites (tertiary alicyclic amines) is 1. The summed E-state index contributed by atoms with van der Waals surface area (Å²) in [7, 11) is 0. The molecule has 2 bridgehead atoms. The van der Waals surface area contributed by atoms with E-state index in [1.54, 1.807) is 19.3 Å². The molecule has 3 aliphatic rings. The molecule has 0 radical (unpaired) electrons. The highest BCUT2D eigenvalue weighted by atomic mass is 15.2. The van der Waals surface area contributed by atoms with E-state index < -0.39 is 0 Å². The van der Waals surface area contributed by atoms with Crippen molar-refractivity contribution in [1.29, 1.82) is 0 Å². The predicted molar refractivity (Wildman–Crippen MR) is 59.2 cm³/mol. The summed E-state index contributed by atoms with van der Waals surface area (Å²) in [5.74, 6) is 3.17. The monoisotopic (exact) mass is 193 g/mol. The molecule has 1 heteroatoms. The third-order valence-electron chi connectivity index (χ3n) is 4.92. The summed E-state index contributed by atoms with van der Waals surface area (Å²) in [5, 5.41) is 0. The fourth-order valence-corrected chi connectivity index (χ4v) is 4.12. The highest BCUT2D eigenvalue weighted by Gasteiger charge is 2.39. The third-order valence-corrected chi connectivity index (χ3v) is 4.92. The zero-order valence-corrected chi connectivity index (χ0v) is 9.41. The molecule has 0 aromatic rings. The molecular formula is C13H23N. The summed E-state index contributed by atoms with van der Waals surface area (Å²) >= 11 is 0. The maximum absolute atomic E-state index is 2.82. The Morgan fingerprint density at radius 2 is 1.86 bits per heavy atom. The van der Waals surface area contributed by atoms with Crippen LogP contribution in [0.3, 0.4) is 0 Å². The van der Waals surface area contributed by atoms with Gasteiger partial charge < -0.3 is 0 Å². The van der Waals surface area contributed by atoms with Gasteiger partial charge in [-0.3, -0.25) is 4.90 Å². The van der Waals surface area contributed by atoms with E-state index in [0.717, 1.165) is 23.8 Å². The van der Waals surface area contributed by atoms with Crippen LogP contribution in [0.1, 0.15) is 45.4 Å². The molecule has 1 nitrogen and oxygen atoms in total. The summed E-state index contributed by atoms with van der Waals surface area (Å²) in [6.45, 7) is 5.21. The molecule has 4 atom stereocenters. The summed E-state index contributed by atoms with van der Waals surface area (Å²) in [4.78, 5) is 2.82. The molecule has 0 N–H and O–H groups in total. The smallest absolute Gasteiger partial charge is 0.0124 e. The van der Waals surface area contributed by atoms with E-state index in [4.69, 9.17) is 0 Å². The van der Waals surface area contributed by atoms with Crippen molar-refractivity contribution in [3.8, 4) is 0 Å². The van der Waals surface area contributed by atoms with Gasteiger partial charge in [0.2, 0.25) is 0 Å². The molecular weight excluding hydrogens is 170 g/mol. The summed E-state index contributed by atoms with van der Waals surface area (Å²) < 4.78 is 0. The van der Waals surface area contributed by atoms with Crippen LogP contribution < -0.4 is 0 Å². The molecule has 2 saturated carbocycles. The first kappa shape index (κ1) is 9.21. The Bertz CT molecular complexity index is 213. The minimum absolute atomic E-state index is 0.967. The van der Waals surface area contributed by atoms with Gasteiger partial charge in [0.1, 0.15) is 0 Å². The minimum Gasteiger partial charge on any atom is -0.300 e. The zero-order chi connectivity index (χ0) is 9.54. The Kier molecular flexibility index (Phi) is 2.31. The molecule has 0 aromatic heterocycles. The van der Waals surface area contributed by atoms with Gasteiger partial charge in [0.05, 0.1) is 0 Å². The minimum atomic E-state index is 0.967. The van der Waals surface area contributed by atoms with Crippen LogP contribution in [0, 0.1) is 17.8 Å². The van der Waals surface area contributed by atoms with Gasteiger partial charge in [-0.15, -0.1) is 0 Å². The van der Waals surface area contributed by atoms with Crippen LogP contribution in [-0.2, 0) is 0 Å². The molecule has 1 heterocycles. The van der Waals surface area contributed by atoms with Crippen LogP contribution >= 0.6 is 0 Å². The van der Waals surface area contributed by atoms with Gasteiger partial charge in [-0.1, -0.05) is 13.3 Å². The van der Waals surface area contributed by atoms with E-state index in [-0.39, 0.29) is 0 Å². The number of hydrogen-bond acceptors (Lipinski definition) is 1. The Morgan fingerprint density at radius 3 is 2.64 bits per heavy atom. The fraction of sp³-hybridized carbons (Fsp3) is 1.00. The van der Waals surface area contributed by atoms with Gasteiger partial charge in [-0.05, 0) is 56.4 Å². The van der Waals surface area contributed by atoms with Gasteiger partial charge in [0.15, 0.2) is 0 Å². The number of hydrogen-bond donors (Lipinski definition) is 0. The van der Waals surface area contributed by atoms with Crippen molar-refractivity contribution in [3.05, 3.63) is 0 Å². The highest BCUT2D eigenvalue weighted by Crippen LogP contribution is 2.44. The van der Waals surface area contributed by atoms with Gasteiger partial charge in [0, 0.05) is 12.6 Å². The van der Waals surface area contributed by atoms with Crippen molar-refractivity contribution < 1.29 is 0 Å². The second-order valence-corrected chi connectivity index (χ2v) is 5.97. The van der Waals surface area contributed by atoms with Crippen LogP contribution in [-0.4, -0.2) is 24.0 Å². The van der Waals surface area contributed by atoms with Crippen molar-refractivity contribution in [2.75, 3.05) is 13.1 Å². The molecule has 2 aliphatic carbocycles. The quantitative estimate of drug-likeness (QED) is 0.619. The molecule has 14 heavy (non-hydrogen) atoms. The van der Waals surface area contributed by atoms with Crippen LogP contribution in [0.25, 0.3) is 0 Å². The van der Waals surface area contributed by atoms with Crippen molar-refractivity contribution in [2.24, 2.45) is 17.8 Å². The second-order valence-electron chi connectivity index (χ2n) is 5.97. The van der Waals surface area contributed by atoms with Gasteiger partial charge >= 0.3 is 0 Å². The molecule has 1 aliphatic heterocycles. The van der Waals surface area contributed by atoms with Gasteiger partial charge in [-0.2, -0.15) is 0 Å². The Hall–Kier alpha value is -0.0400. The van der Waals surface area contributed by atoms with Crippen molar-refractivity contribution >= 4 is 0 Å². The van der Waals surface area contributed by atoms with Crippen molar-refractivity contribution in [2.45, 2.75) is 51.5 Å². The average Bonchev–Trinajstić information content (AvgIpc) is 2.75. The largest absolute Gasteiger partial charge is 0.300 e. The van der Waals surface area contributed by atoms with Crippen molar-refractivity contribution in [3.63, 3.8) is 0 Å². The van der Waals surface area contributed by atoms with E-state index in [0.29, 0.717) is 0 Å². The van der Waals surface area contributed by atoms with Gasteiger partial charge in [-0.25, -0.2) is 0 Å². The SMILES string of the molecule is CC1CCN(C2CCC3CCC2C3)C1. The topological polar surface area (TPSA) is 3.24 Å². The van der Waals surface area contributed by atoms with Crippen molar-refractivity contribution in [1.82, 2.24) is 4.90 Å². The maximum Gasteiger partial charge on any atom is 0.0124 e. The lowest BCUT2D eigenvalue weighted by molar-refractivity contribution is 0.132. The first-order valence-corrected chi connectivity index (χ1v) is 6.57. The van der Waals surface area contributed by atoms with Crippen LogP contribution in [0.2, 0.25) is 0 Å². The van der Waals surface area contributed by atoms with E-state index in [2.05, 4.69) is 11.8 Å². The van der Waals surface area contributed by atoms with Crippen LogP contribution in [0.5, 0.6) is 0 Å². The average molecular weight is 193 g/mol. The molecule has 0 aromatic carbocycles. The molecule has 3 rings (SSSR count). The van der Waals surface area contributed by atoms with Crippen LogP contribution in [0.15, 0.2) is 0 Å². The first-order chi connectivity index (χ1) is 6.83. The van der Waals surface area contributed by atoms with E-state index in [1.807, 2.05) is 0 Å². The highest BCUT2D eigenvalue weighted by molar-refractivity contribution is 4.93. The second kappa shape index (κ2) is 3.52. The molecule has 1 saturated heterocycles. The summed E-state index contributed by atoms with van der Waals surface area (Å²) in [6, 6.07) is 0.985. The standard InChI is InChI=1S/C13H23N/c1-10-6-7-14(9-10)13-5-3-11-2-4-12(13)8-11/h10-13H,2-9H2,1H3. The number of nitrogens with zero attached hydrogens (tertiary/aromatic N) is 1. The molecule has 0 amide bonds. The molecule has 80 valence electrons. The fourth-order valence-electron chi connectivity index (χ4n) is 4.12. The molecule has 3 fully saturated rings. The number of rotatable bonds is 1. The Balaban J connectivity index is 1.66. The van der Waals surface area contributed by atoms with E-state index in [9.17, 15) is 0 Å². The lowest BCUT2D eigenvalue weighted by Gasteiger charge is -2.36. The Labute approximate surface area is 87.9 Å². The van der Waals surface area contributed by atoms with E-state index >= 15 is 0 Å². The molecule has 0 spiro atoms. The summed E-state index contributed by atoms with van der Waals surface area (Å²) in [5.41, 5.74) is 0. The summed E-state index contributed by atoms with van der Waals surface area (Å²) in [6.07, 6.45) is 9.15. The maximum atomic E-state index is 2.82. The predicted octanol–water partition coefficient (Wildman–Crippen LogP) is 2.91. The lowest BCUT2D eigenvalue weighted by atomic mass is 9.84. The third kappa shape index (κ3) is 1.50. The lowest BCUT2D eigenvalue weighted by Crippen LogP contribution is -2.40.